The molecular formula is C26H29N3O3S. The number of rotatable bonds is 5. The predicted octanol–water partition coefficient (Wildman–Crippen LogP) is 3.96. The third-order valence-electron chi connectivity index (χ3n) is 6.37. The summed E-state index contributed by atoms with van der Waals surface area (Å²) in [6, 6.07) is 16.2. The van der Waals surface area contributed by atoms with Gasteiger partial charge in [-0.1, -0.05) is 36.4 Å². The largest absolute Gasteiger partial charge is 0.372 e. The van der Waals surface area contributed by atoms with Crippen molar-refractivity contribution < 1.29 is 14.3 Å². The van der Waals surface area contributed by atoms with Gasteiger partial charge in [0.25, 0.3) is 0 Å². The highest BCUT2D eigenvalue weighted by atomic mass is 32.2. The average molecular weight is 464 g/mol. The number of ether oxygens (including phenoxy) is 1. The van der Waals surface area contributed by atoms with Gasteiger partial charge in [0.1, 0.15) is 6.54 Å². The van der Waals surface area contributed by atoms with Gasteiger partial charge < -0.3 is 19.1 Å². The first-order chi connectivity index (χ1) is 16.0. The van der Waals surface area contributed by atoms with Crippen molar-refractivity contribution in [3.63, 3.8) is 0 Å². The van der Waals surface area contributed by atoms with Crippen molar-refractivity contribution in [1.82, 2.24) is 9.47 Å². The van der Waals surface area contributed by atoms with Gasteiger partial charge in [0.05, 0.1) is 18.0 Å². The van der Waals surface area contributed by atoms with Crippen LogP contribution in [0.4, 0.5) is 5.69 Å². The Bertz CT molecular complexity index is 1180. The van der Waals surface area contributed by atoms with Gasteiger partial charge in [-0.15, -0.1) is 11.8 Å². The second-order valence-electron chi connectivity index (χ2n) is 8.91. The van der Waals surface area contributed by atoms with E-state index in [1.807, 2.05) is 70.8 Å². The molecular weight excluding hydrogens is 434 g/mol. The highest BCUT2D eigenvalue weighted by molar-refractivity contribution is 8.00. The van der Waals surface area contributed by atoms with E-state index in [1.54, 1.807) is 11.8 Å². The highest BCUT2D eigenvalue weighted by Crippen LogP contribution is 2.32. The van der Waals surface area contributed by atoms with E-state index in [1.165, 1.54) is 5.56 Å². The number of nitrogens with zero attached hydrogens (tertiary/aromatic N) is 3. The van der Waals surface area contributed by atoms with Gasteiger partial charge in [-0.3, -0.25) is 9.59 Å². The molecule has 5 rings (SSSR count). The third kappa shape index (κ3) is 4.52. The van der Waals surface area contributed by atoms with Crippen LogP contribution in [0.3, 0.4) is 0 Å². The maximum atomic E-state index is 13.1. The number of aromatic nitrogens is 1. The van der Waals surface area contributed by atoms with E-state index in [0.29, 0.717) is 18.8 Å². The van der Waals surface area contributed by atoms with Crippen molar-refractivity contribution in [2.45, 2.75) is 43.9 Å². The van der Waals surface area contributed by atoms with Gasteiger partial charge in [0, 0.05) is 47.3 Å². The molecule has 2 aliphatic heterocycles. The first kappa shape index (κ1) is 22.0. The van der Waals surface area contributed by atoms with Crippen LogP contribution < -0.4 is 4.90 Å². The first-order valence-electron chi connectivity index (χ1n) is 11.5. The Morgan fingerprint density at radius 1 is 1.00 bits per heavy atom. The topological polar surface area (TPSA) is 54.8 Å². The van der Waals surface area contributed by atoms with E-state index in [0.717, 1.165) is 34.5 Å². The van der Waals surface area contributed by atoms with E-state index in [4.69, 9.17) is 4.74 Å². The monoisotopic (exact) mass is 463 g/mol. The Kier molecular flexibility index (Phi) is 6.17. The maximum Gasteiger partial charge on any atom is 0.242 e. The van der Waals surface area contributed by atoms with Gasteiger partial charge >= 0.3 is 0 Å². The van der Waals surface area contributed by atoms with Crippen molar-refractivity contribution in [3.8, 4) is 0 Å². The lowest BCUT2D eigenvalue weighted by Crippen LogP contribution is -2.49. The normalized spacial score (nSPS) is 20.3. The number of hydrogen-bond donors (Lipinski definition) is 0. The summed E-state index contributed by atoms with van der Waals surface area (Å²) < 4.78 is 7.78. The Morgan fingerprint density at radius 3 is 2.55 bits per heavy atom. The number of fused-ring (bicyclic) bond motifs is 2. The van der Waals surface area contributed by atoms with Gasteiger partial charge in [0.2, 0.25) is 11.8 Å². The average Bonchev–Trinajstić information content (AvgIpc) is 3.39. The maximum absolute atomic E-state index is 13.1. The molecule has 0 spiro atoms. The lowest BCUT2D eigenvalue weighted by Gasteiger charge is -2.35. The first-order valence-corrected chi connectivity index (χ1v) is 12.5. The van der Waals surface area contributed by atoms with Crippen LogP contribution in [0.25, 0.3) is 10.9 Å². The van der Waals surface area contributed by atoms with Gasteiger partial charge in [-0.25, -0.2) is 0 Å². The van der Waals surface area contributed by atoms with Crippen LogP contribution in [0.15, 0.2) is 59.6 Å². The molecule has 0 aliphatic carbocycles. The molecule has 1 saturated heterocycles. The summed E-state index contributed by atoms with van der Waals surface area (Å²) in [5.41, 5.74) is 3.28. The molecule has 2 aliphatic rings. The summed E-state index contributed by atoms with van der Waals surface area (Å²) in [7, 11) is 0. The molecule has 0 N–H and O–H groups in total. The summed E-state index contributed by atoms with van der Waals surface area (Å²) in [6.07, 6.45) is 3.03. The van der Waals surface area contributed by atoms with Crippen molar-refractivity contribution in [2.75, 3.05) is 30.3 Å². The number of thioether (sulfide) groups is 1. The summed E-state index contributed by atoms with van der Waals surface area (Å²) in [5, 5.41) is 1.08. The standard InChI is InChI=1S/C26H29N3O3S/c1-18-13-28(14-19(2)32-18)25(30)16-27-15-24(21-8-4-6-10-23(21)27)33-17-26(31)29-12-11-20-7-3-5-9-22(20)29/h3-10,15,18-19H,11-14,16-17H2,1-2H3. The molecule has 3 aromatic rings. The zero-order valence-corrected chi connectivity index (χ0v) is 19.9. The van der Waals surface area contributed by atoms with E-state index < -0.39 is 0 Å². The van der Waals surface area contributed by atoms with Gasteiger partial charge in [-0.05, 0) is 38.0 Å². The molecule has 0 saturated carbocycles. The molecule has 0 radical (unpaired) electrons. The van der Waals surface area contributed by atoms with Crippen molar-refractivity contribution in [2.24, 2.45) is 0 Å². The van der Waals surface area contributed by atoms with E-state index in [9.17, 15) is 9.59 Å². The summed E-state index contributed by atoms with van der Waals surface area (Å²) in [4.78, 5) is 30.9. The molecule has 2 aromatic carbocycles. The zero-order valence-electron chi connectivity index (χ0n) is 19.1. The van der Waals surface area contributed by atoms with Crippen LogP contribution in [-0.4, -0.2) is 58.9 Å². The SMILES string of the molecule is CC1CN(C(=O)Cn2cc(SCC(=O)N3CCc4ccccc43)c3ccccc32)CC(C)O1. The summed E-state index contributed by atoms with van der Waals surface area (Å²) in [5.74, 6) is 0.586. The van der Waals surface area contributed by atoms with Gasteiger partial charge in [-0.2, -0.15) is 0 Å². The molecule has 2 unspecified atom stereocenters. The Labute approximate surface area is 198 Å². The Hall–Kier alpha value is -2.77. The molecule has 172 valence electrons. The third-order valence-corrected chi connectivity index (χ3v) is 7.40. The number of anilines is 1. The highest BCUT2D eigenvalue weighted by Gasteiger charge is 2.27. The molecule has 1 aromatic heterocycles. The molecule has 6 nitrogen and oxygen atoms in total. The van der Waals surface area contributed by atoms with Crippen molar-refractivity contribution >= 4 is 40.2 Å². The van der Waals surface area contributed by atoms with Crippen molar-refractivity contribution in [3.05, 3.63) is 60.3 Å². The van der Waals surface area contributed by atoms with E-state index >= 15 is 0 Å². The zero-order chi connectivity index (χ0) is 22.9. The minimum Gasteiger partial charge on any atom is -0.372 e. The summed E-state index contributed by atoms with van der Waals surface area (Å²) >= 11 is 1.55. The lowest BCUT2D eigenvalue weighted by atomic mass is 10.2. The second-order valence-corrected chi connectivity index (χ2v) is 9.92. The molecule has 33 heavy (non-hydrogen) atoms. The Balaban J connectivity index is 1.31. The molecule has 2 atom stereocenters. The van der Waals surface area contributed by atoms with Crippen LogP contribution in [0, 0.1) is 0 Å². The minimum atomic E-state index is 0.0481. The predicted molar refractivity (Wildman–Crippen MR) is 132 cm³/mol. The number of carbonyl (C=O) groups excluding carboxylic acids is 2. The lowest BCUT2D eigenvalue weighted by molar-refractivity contribution is -0.143. The summed E-state index contributed by atoms with van der Waals surface area (Å²) in [6.45, 7) is 6.28. The van der Waals surface area contributed by atoms with Crippen molar-refractivity contribution in [1.29, 1.82) is 0 Å². The van der Waals surface area contributed by atoms with E-state index in [2.05, 4.69) is 12.1 Å². The molecule has 3 heterocycles. The number of benzene rings is 2. The molecule has 7 heteroatoms. The quantitative estimate of drug-likeness (QED) is 0.538. The second kappa shape index (κ2) is 9.23. The van der Waals surface area contributed by atoms with E-state index in [-0.39, 0.29) is 30.6 Å². The fraction of sp³-hybridized carbons (Fsp3) is 0.385. The fourth-order valence-electron chi connectivity index (χ4n) is 4.90. The molecule has 1 fully saturated rings. The van der Waals surface area contributed by atoms with Crippen LogP contribution in [0.2, 0.25) is 0 Å². The number of amides is 2. The van der Waals surface area contributed by atoms with Gasteiger partial charge in [0.15, 0.2) is 0 Å². The number of para-hydroxylation sites is 2. The minimum absolute atomic E-state index is 0.0481. The van der Waals surface area contributed by atoms with Crippen LogP contribution in [0.1, 0.15) is 19.4 Å². The number of carbonyl (C=O) groups is 2. The molecule has 2 amide bonds. The smallest absolute Gasteiger partial charge is 0.242 e. The van der Waals surface area contributed by atoms with Crippen LogP contribution in [0.5, 0.6) is 0 Å². The molecule has 0 bridgehead atoms. The fourth-order valence-corrected chi connectivity index (χ4v) is 5.87. The number of morpholine rings is 1. The number of hydrogen-bond acceptors (Lipinski definition) is 4. The van der Waals surface area contributed by atoms with Crippen LogP contribution >= 0.6 is 11.8 Å². The van der Waals surface area contributed by atoms with Crippen LogP contribution in [-0.2, 0) is 27.3 Å². The Morgan fingerprint density at radius 2 is 1.73 bits per heavy atom.